The largest absolute Gasteiger partial charge is 0.496 e. The van der Waals surface area contributed by atoms with Crippen LogP contribution in [0.15, 0.2) is 6.20 Å². The molecule has 2 saturated carbocycles. The first-order chi connectivity index (χ1) is 9.63. The van der Waals surface area contributed by atoms with Gasteiger partial charge in [0.15, 0.2) is 0 Å². The van der Waals surface area contributed by atoms with Gasteiger partial charge in [0.1, 0.15) is 5.75 Å². The molecule has 3 unspecified atom stereocenters. The summed E-state index contributed by atoms with van der Waals surface area (Å²) in [5.41, 5.74) is 3.13. The van der Waals surface area contributed by atoms with Crippen molar-refractivity contribution in [2.45, 2.75) is 52.1 Å². The number of aliphatic hydroxyl groups is 1. The molecule has 3 rings (SSSR count). The molecule has 0 amide bonds. The minimum Gasteiger partial charge on any atom is -0.496 e. The van der Waals surface area contributed by atoms with E-state index in [1.54, 1.807) is 7.11 Å². The molecule has 1 N–H and O–H groups in total. The van der Waals surface area contributed by atoms with Crippen molar-refractivity contribution in [3.8, 4) is 5.75 Å². The Morgan fingerprint density at radius 3 is 2.55 bits per heavy atom. The zero-order valence-corrected chi connectivity index (χ0v) is 12.7. The summed E-state index contributed by atoms with van der Waals surface area (Å²) >= 11 is 0. The van der Waals surface area contributed by atoms with Crippen LogP contribution in [0.25, 0.3) is 0 Å². The van der Waals surface area contributed by atoms with Gasteiger partial charge in [-0.05, 0) is 44.4 Å². The summed E-state index contributed by atoms with van der Waals surface area (Å²) in [6, 6.07) is 0. The Kier molecular flexibility index (Phi) is 3.72. The Morgan fingerprint density at radius 1 is 1.30 bits per heavy atom. The van der Waals surface area contributed by atoms with Crippen LogP contribution < -0.4 is 4.74 Å². The first-order valence-electron chi connectivity index (χ1n) is 7.80. The van der Waals surface area contributed by atoms with E-state index >= 15 is 0 Å². The van der Waals surface area contributed by atoms with E-state index in [0.29, 0.717) is 12.3 Å². The van der Waals surface area contributed by atoms with Gasteiger partial charge in [0.2, 0.25) is 0 Å². The number of hydrogen-bond donors (Lipinski definition) is 1. The Balaban J connectivity index is 1.72. The van der Waals surface area contributed by atoms with E-state index < -0.39 is 0 Å². The molecule has 1 heterocycles. The lowest BCUT2D eigenvalue weighted by Crippen LogP contribution is -2.17. The fourth-order valence-corrected chi connectivity index (χ4v) is 4.23. The summed E-state index contributed by atoms with van der Waals surface area (Å²) < 4.78 is 5.45. The van der Waals surface area contributed by atoms with Gasteiger partial charge >= 0.3 is 0 Å². The Morgan fingerprint density at radius 2 is 1.95 bits per heavy atom. The molecule has 1 aromatic heterocycles. The molecule has 0 aromatic carbocycles. The summed E-state index contributed by atoms with van der Waals surface area (Å²) in [6.07, 6.45) is 7.61. The van der Waals surface area contributed by atoms with Crippen molar-refractivity contribution in [2.24, 2.45) is 17.8 Å². The van der Waals surface area contributed by atoms with Crippen LogP contribution in [0.5, 0.6) is 5.75 Å². The van der Waals surface area contributed by atoms with Crippen LogP contribution in [0.4, 0.5) is 0 Å². The molecule has 0 spiro atoms. The highest BCUT2D eigenvalue weighted by molar-refractivity contribution is 5.41. The van der Waals surface area contributed by atoms with E-state index in [2.05, 4.69) is 4.98 Å². The van der Waals surface area contributed by atoms with Gasteiger partial charge < -0.3 is 9.84 Å². The maximum atomic E-state index is 10.5. The van der Waals surface area contributed by atoms with Crippen molar-refractivity contribution in [1.82, 2.24) is 4.98 Å². The number of pyridine rings is 1. The van der Waals surface area contributed by atoms with Crippen LogP contribution in [0.1, 0.15) is 42.5 Å². The standard InChI is InChI=1S/C17H25NO2/c1-10-9-18-14(11(2)17(10)20-3)8-15(19)16-12-6-4-5-7-13(12)16/h9,12-13,15-16,19H,4-8H2,1-3H3. The van der Waals surface area contributed by atoms with Gasteiger partial charge in [-0.2, -0.15) is 0 Å². The average molecular weight is 275 g/mol. The first-order valence-corrected chi connectivity index (χ1v) is 7.80. The number of fused-ring (bicyclic) bond motifs is 1. The van der Waals surface area contributed by atoms with Crippen LogP contribution in [0, 0.1) is 31.6 Å². The molecule has 2 aliphatic rings. The second-order valence-corrected chi connectivity index (χ2v) is 6.51. The van der Waals surface area contributed by atoms with Crippen molar-refractivity contribution >= 4 is 0 Å². The maximum Gasteiger partial charge on any atom is 0.128 e. The molecular weight excluding hydrogens is 250 g/mol. The van der Waals surface area contributed by atoms with Crippen molar-refractivity contribution < 1.29 is 9.84 Å². The van der Waals surface area contributed by atoms with E-state index in [1.165, 1.54) is 25.7 Å². The number of nitrogens with zero attached hydrogens (tertiary/aromatic N) is 1. The van der Waals surface area contributed by atoms with E-state index in [9.17, 15) is 5.11 Å². The Bertz CT molecular complexity index is 488. The molecule has 3 atom stereocenters. The van der Waals surface area contributed by atoms with Crippen molar-refractivity contribution in [3.05, 3.63) is 23.0 Å². The number of aromatic nitrogens is 1. The first kappa shape index (κ1) is 13.9. The van der Waals surface area contributed by atoms with Gasteiger partial charge in [-0.15, -0.1) is 0 Å². The van der Waals surface area contributed by atoms with Gasteiger partial charge in [-0.3, -0.25) is 4.98 Å². The number of rotatable bonds is 4. The highest BCUT2D eigenvalue weighted by Gasteiger charge is 2.53. The number of methoxy groups -OCH3 is 1. The number of ether oxygens (including phenoxy) is 1. The molecule has 1 aromatic rings. The molecule has 0 bridgehead atoms. The maximum absolute atomic E-state index is 10.5. The quantitative estimate of drug-likeness (QED) is 0.918. The third kappa shape index (κ3) is 2.32. The molecule has 110 valence electrons. The topological polar surface area (TPSA) is 42.4 Å². The predicted molar refractivity (Wildman–Crippen MR) is 78.9 cm³/mol. The van der Waals surface area contributed by atoms with Crippen molar-refractivity contribution in [3.63, 3.8) is 0 Å². The normalized spacial score (nSPS) is 29.7. The van der Waals surface area contributed by atoms with Crippen molar-refractivity contribution in [1.29, 1.82) is 0 Å². The van der Waals surface area contributed by atoms with Crippen LogP contribution >= 0.6 is 0 Å². The van der Waals surface area contributed by atoms with E-state index in [1.807, 2.05) is 20.0 Å². The molecule has 2 fully saturated rings. The van der Waals surface area contributed by atoms with Crippen LogP contribution in [0.3, 0.4) is 0 Å². The van der Waals surface area contributed by atoms with Crippen molar-refractivity contribution in [2.75, 3.05) is 7.11 Å². The monoisotopic (exact) mass is 275 g/mol. The summed E-state index contributed by atoms with van der Waals surface area (Å²) in [5, 5.41) is 10.5. The lowest BCUT2D eigenvalue weighted by molar-refractivity contribution is 0.139. The molecular formula is C17H25NO2. The van der Waals surface area contributed by atoms with E-state index in [-0.39, 0.29) is 6.10 Å². The molecule has 2 aliphatic carbocycles. The predicted octanol–water partition coefficient (Wildman–Crippen LogP) is 3.05. The third-order valence-electron chi connectivity index (χ3n) is 5.32. The number of aryl methyl sites for hydroxylation is 1. The zero-order valence-electron chi connectivity index (χ0n) is 12.7. The van der Waals surface area contributed by atoms with Crippen LogP contribution in [-0.2, 0) is 6.42 Å². The lowest BCUT2D eigenvalue weighted by atomic mass is 10.0. The van der Waals surface area contributed by atoms with Crippen LogP contribution in [0.2, 0.25) is 0 Å². The minimum atomic E-state index is -0.235. The smallest absolute Gasteiger partial charge is 0.128 e. The summed E-state index contributed by atoms with van der Waals surface area (Å²) in [4.78, 5) is 4.51. The molecule has 0 aliphatic heterocycles. The van der Waals surface area contributed by atoms with E-state index in [0.717, 1.165) is 34.4 Å². The van der Waals surface area contributed by atoms with Gasteiger partial charge in [0, 0.05) is 29.4 Å². The van der Waals surface area contributed by atoms with Gasteiger partial charge in [0.05, 0.1) is 13.2 Å². The highest BCUT2D eigenvalue weighted by atomic mass is 16.5. The molecule has 0 saturated heterocycles. The molecule has 3 heteroatoms. The molecule has 3 nitrogen and oxygen atoms in total. The molecule has 0 radical (unpaired) electrons. The zero-order chi connectivity index (χ0) is 14.3. The SMILES string of the molecule is COc1c(C)cnc(CC(O)C2C3CCCCC32)c1C. The fourth-order valence-electron chi connectivity index (χ4n) is 4.23. The Hall–Kier alpha value is -1.09. The summed E-state index contributed by atoms with van der Waals surface area (Å²) in [7, 11) is 1.70. The lowest BCUT2D eigenvalue weighted by Gasteiger charge is -2.15. The second kappa shape index (κ2) is 5.36. The second-order valence-electron chi connectivity index (χ2n) is 6.51. The van der Waals surface area contributed by atoms with Gasteiger partial charge in [-0.25, -0.2) is 0 Å². The molecule has 20 heavy (non-hydrogen) atoms. The third-order valence-corrected chi connectivity index (χ3v) is 5.32. The van der Waals surface area contributed by atoms with Gasteiger partial charge in [-0.1, -0.05) is 12.8 Å². The Labute approximate surface area is 121 Å². The number of hydrogen-bond acceptors (Lipinski definition) is 3. The summed E-state index contributed by atoms with van der Waals surface area (Å²) in [6.45, 7) is 4.05. The van der Waals surface area contributed by atoms with E-state index in [4.69, 9.17) is 4.74 Å². The average Bonchev–Trinajstić information content (AvgIpc) is 3.17. The minimum absolute atomic E-state index is 0.235. The van der Waals surface area contributed by atoms with Crippen LogP contribution in [-0.4, -0.2) is 23.3 Å². The fraction of sp³-hybridized carbons (Fsp3) is 0.706. The summed E-state index contributed by atoms with van der Waals surface area (Å²) in [5.74, 6) is 3.00. The van der Waals surface area contributed by atoms with Gasteiger partial charge in [0.25, 0.3) is 0 Å². The number of aliphatic hydroxyl groups excluding tert-OH is 1. The highest BCUT2D eigenvalue weighted by Crippen LogP contribution is 2.57.